The lowest BCUT2D eigenvalue weighted by Gasteiger charge is -2.18. The van der Waals surface area contributed by atoms with E-state index in [1.165, 1.54) is 4.90 Å². The average Bonchev–Trinajstić information content (AvgIpc) is 2.68. The van der Waals surface area contributed by atoms with Crippen LogP contribution in [0.5, 0.6) is 11.5 Å². The third kappa shape index (κ3) is 5.78. The molecule has 0 unspecified atom stereocenters. The molecular weight excluding hydrogens is 403 g/mol. The molecule has 0 spiro atoms. The third-order valence-corrected chi connectivity index (χ3v) is 4.74. The number of likely N-dealkylation sites (N-methyl/N-ethyl adjacent to an activating group) is 1. The van der Waals surface area contributed by atoms with Crippen molar-refractivity contribution in [2.75, 3.05) is 33.1 Å². The molecule has 2 aromatic rings. The fraction of sp³-hybridized carbons (Fsp3) is 0.300. The molecule has 2 rings (SSSR count). The van der Waals surface area contributed by atoms with Gasteiger partial charge in [-0.2, -0.15) is 0 Å². The largest absolute Gasteiger partial charge is 0.493 e. The number of methoxy groups -OCH3 is 2. The molecule has 0 bridgehead atoms. The summed E-state index contributed by atoms with van der Waals surface area (Å²) in [5, 5.41) is 3.31. The van der Waals surface area contributed by atoms with E-state index in [4.69, 9.17) is 32.7 Å². The van der Waals surface area contributed by atoms with Crippen LogP contribution in [0.1, 0.15) is 12.0 Å². The van der Waals surface area contributed by atoms with Gasteiger partial charge in [0.05, 0.1) is 36.5 Å². The summed E-state index contributed by atoms with van der Waals surface area (Å²) in [6.45, 7) is -0.105. The Hall–Kier alpha value is -2.44. The number of nitrogens with one attached hydrogen (secondary N) is 1. The summed E-state index contributed by atoms with van der Waals surface area (Å²) in [4.78, 5) is 25.9. The second kappa shape index (κ2) is 10.2. The summed E-state index contributed by atoms with van der Waals surface area (Å²) in [6.07, 6.45) is 0.771. The van der Waals surface area contributed by atoms with Crippen LogP contribution in [-0.2, 0) is 16.0 Å². The number of rotatable bonds is 8. The maximum absolute atomic E-state index is 12.4. The number of para-hydroxylation sites is 1. The number of nitrogens with zero attached hydrogens (tertiary/aromatic N) is 1. The minimum absolute atomic E-state index is 0.105. The van der Waals surface area contributed by atoms with E-state index >= 15 is 0 Å². The Morgan fingerprint density at radius 2 is 1.68 bits per heavy atom. The van der Waals surface area contributed by atoms with Gasteiger partial charge in [-0.15, -0.1) is 0 Å². The Kier molecular flexibility index (Phi) is 7.96. The molecule has 150 valence electrons. The highest BCUT2D eigenvalue weighted by atomic mass is 35.5. The first-order valence-corrected chi connectivity index (χ1v) is 9.30. The predicted octanol–water partition coefficient (Wildman–Crippen LogP) is 4.04. The molecule has 0 fully saturated rings. The highest BCUT2D eigenvalue weighted by molar-refractivity contribution is 6.39. The van der Waals surface area contributed by atoms with Gasteiger partial charge in [0, 0.05) is 13.5 Å². The van der Waals surface area contributed by atoms with E-state index in [-0.39, 0.29) is 24.8 Å². The van der Waals surface area contributed by atoms with Crippen molar-refractivity contribution in [1.29, 1.82) is 0 Å². The van der Waals surface area contributed by atoms with Crippen LogP contribution in [0.3, 0.4) is 0 Å². The van der Waals surface area contributed by atoms with Gasteiger partial charge in [-0.1, -0.05) is 35.3 Å². The number of anilines is 1. The predicted molar refractivity (Wildman–Crippen MR) is 111 cm³/mol. The SMILES string of the molecule is COc1ccc(CCC(=O)N(C)CC(=O)Nc2c(Cl)cccc2Cl)cc1OC. The second-order valence-electron chi connectivity index (χ2n) is 6.08. The molecule has 6 nitrogen and oxygen atoms in total. The number of hydrogen-bond donors (Lipinski definition) is 1. The number of hydrogen-bond acceptors (Lipinski definition) is 4. The Labute approximate surface area is 174 Å². The van der Waals surface area contributed by atoms with Gasteiger partial charge < -0.3 is 19.7 Å². The zero-order valence-corrected chi connectivity index (χ0v) is 17.4. The van der Waals surface area contributed by atoms with Crippen LogP contribution in [0.25, 0.3) is 0 Å². The van der Waals surface area contributed by atoms with E-state index in [0.29, 0.717) is 33.7 Å². The van der Waals surface area contributed by atoms with Gasteiger partial charge in [-0.05, 0) is 36.2 Å². The first kappa shape index (κ1) is 21.9. The molecule has 2 amide bonds. The molecule has 1 N–H and O–H groups in total. The highest BCUT2D eigenvalue weighted by Crippen LogP contribution is 2.30. The normalized spacial score (nSPS) is 10.3. The number of halogens is 2. The Morgan fingerprint density at radius 3 is 2.29 bits per heavy atom. The van der Waals surface area contributed by atoms with Crippen molar-refractivity contribution in [3.63, 3.8) is 0 Å². The van der Waals surface area contributed by atoms with Crippen LogP contribution < -0.4 is 14.8 Å². The van der Waals surface area contributed by atoms with Crippen LogP contribution in [0.4, 0.5) is 5.69 Å². The molecule has 0 aliphatic carbocycles. The molecule has 0 radical (unpaired) electrons. The van der Waals surface area contributed by atoms with Crippen molar-refractivity contribution in [2.24, 2.45) is 0 Å². The first-order chi connectivity index (χ1) is 13.3. The molecule has 0 aliphatic heterocycles. The van der Waals surface area contributed by atoms with Crippen LogP contribution in [0, 0.1) is 0 Å². The minimum Gasteiger partial charge on any atom is -0.493 e. The molecule has 8 heteroatoms. The van der Waals surface area contributed by atoms with Gasteiger partial charge in [-0.3, -0.25) is 9.59 Å². The standard InChI is InChI=1S/C20H22Cl2N2O4/c1-24(12-18(25)23-20-14(21)5-4-6-15(20)22)19(26)10-8-13-7-9-16(27-2)17(11-13)28-3/h4-7,9,11H,8,10,12H2,1-3H3,(H,23,25). The summed E-state index contributed by atoms with van der Waals surface area (Å²) in [5.41, 5.74) is 1.27. The fourth-order valence-corrected chi connectivity index (χ4v) is 3.07. The number of carbonyl (C=O) groups is 2. The van der Waals surface area contributed by atoms with Crippen molar-refractivity contribution < 1.29 is 19.1 Å². The van der Waals surface area contributed by atoms with Crippen LogP contribution in [0.15, 0.2) is 36.4 Å². The quantitative estimate of drug-likeness (QED) is 0.693. The van der Waals surface area contributed by atoms with E-state index in [2.05, 4.69) is 5.32 Å². The molecule has 0 aliphatic rings. The van der Waals surface area contributed by atoms with E-state index < -0.39 is 0 Å². The maximum Gasteiger partial charge on any atom is 0.244 e. The zero-order valence-electron chi connectivity index (χ0n) is 15.9. The van der Waals surface area contributed by atoms with Crippen LogP contribution >= 0.6 is 23.2 Å². The van der Waals surface area contributed by atoms with Crippen LogP contribution in [-0.4, -0.2) is 44.5 Å². The van der Waals surface area contributed by atoms with Gasteiger partial charge >= 0.3 is 0 Å². The van der Waals surface area contributed by atoms with Crippen molar-refractivity contribution >= 4 is 40.7 Å². The zero-order chi connectivity index (χ0) is 20.7. The van der Waals surface area contributed by atoms with E-state index in [0.717, 1.165) is 5.56 Å². The van der Waals surface area contributed by atoms with Crippen molar-refractivity contribution in [3.8, 4) is 11.5 Å². The van der Waals surface area contributed by atoms with E-state index in [1.807, 2.05) is 12.1 Å². The minimum atomic E-state index is -0.378. The first-order valence-electron chi connectivity index (χ1n) is 8.54. The molecule has 0 saturated carbocycles. The Morgan fingerprint density at radius 1 is 1.04 bits per heavy atom. The van der Waals surface area contributed by atoms with Gasteiger partial charge in [0.15, 0.2) is 11.5 Å². The molecule has 0 atom stereocenters. The number of benzene rings is 2. The third-order valence-electron chi connectivity index (χ3n) is 4.11. The summed E-state index contributed by atoms with van der Waals surface area (Å²) >= 11 is 12.1. The summed E-state index contributed by atoms with van der Waals surface area (Å²) in [5.74, 6) is 0.702. The van der Waals surface area contributed by atoms with Gasteiger partial charge in [-0.25, -0.2) is 0 Å². The number of aryl methyl sites for hydroxylation is 1. The summed E-state index contributed by atoms with van der Waals surface area (Å²) in [7, 11) is 4.70. The molecular formula is C20H22Cl2N2O4. The van der Waals surface area contributed by atoms with Gasteiger partial charge in [0.2, 0.25) is 11.8 Å². The molecule has 2 aromatic carbocycles. The van der Waals surface area contributed by atoms with Crippen molar-refractivity contribution in [3.05, 3.63) is 52.0 Å². The number of ether oxygens (including phenoxy) is 2. The molecule has 0 heterocycles. The Bertz CT molecular complexity index is 838. The summed E-state index contributed by atoms with van der Waals surface area (Å²) < 4.78 is 10.5. The molecule has 0 aromatic heterocycles. The lowest BCUT2D eigenvalue weighted by atomic mass is 10.1. The molecule has 0 saturated heterocycles. The monoisotopic (exact) mass is 424 g/mol. The second-order valence-corrected chi connectivity index (χ2v) is 6.90. The number of amides is 2. The maximum atomic E-state index is 12.4. The Balaban J connectivity index is 1.89. The van der Waals surface area contributed by atoms with Crippen molar-refractivity contribution in [2.45, 2.75) is 12.8 Å². The number of carbonyl (C=O) groups excluding carboxylic acids is 2. The smallest absolute Gasteiger partial charge is 0.244 e. The average molecular weight is 425 g/mol. The highest BCUT2D eigenvalue weighted by Gasteiger charge is 2.16. The lowest BCUT2D eigenvalue weighted by Crippen LogP contribution is -2.35. The lowest BCUT2D eigenvalue weighted by molar-refractivity contribution is -0.133. The van der Waals surface area contributed by atoms with Crippen molar-refractivity contribution in [1.82, 2.24) is 4.90 Å². The van der Waals surface area contributed by atoms with Gasteiger partial charge in [0.1, 0.15) is 0 Å². The van der Waals surface area contributed by atoms with E-state index in [1.54, 1.807) is 45.5 Å². The van der Waals surface area contributed by atoms with Gasteiger partial charge in [0.25, 0.3) is 0 Å². The topological polar surface area (TPSA) is 67.9 Å². The summed E-state index contributed by atoms with van der Waals surface area (Å²) in [6, 6.07) is 10.4. The van der Waals surface area contributed by atoms with Crippen LogP contribution in [0.2, 0.25) is 10.0 Å². The van der Waals surface area contributed by atoms with E-state index in [9.17, 15) is 9.59 Å². The molecule has 28 heavy (non-hydrogen) atoms. The fourth-order valence-electron chi connectivity index (χ4n) is 2.58.